The molecule has 0 atom stereocenters. The highest BCUT2D eigenvalue weighted by Crippen LogP contribution is 2.15. The third-order valence-corrected chi connectivity index (χ3v) is 2.23. The van der Waals surface area contributed by atoms with Gasteiger partial charge in [-0.05, 0) is 22.5 Å². The van der Waals surface area contributed by atoms with E-state index in [0.717, 1.165) is 13.1 Å². The Morgan fingerprint density at radius 3 is 3.21 bits per heavy atom. The van der Waals surface area contributed by atoms with E-state index in [9.17, 15) is 4.79 Å². The molecular formula is C8H12BrN3O2. The van der Waals surface area contributed by atoms with Gasteiger partial charge in [-0.1, -0.05) is 6.92 Å². The Bertz CT molecular complexity index is 340. The lowest BCUT2D eigenvalue weighted by molar-refractivity contribution is 0.300. The van der Waals surface area contributed by atoms with E-state index >= 15 is 0 Å². The number of aromatic amines is 1. The fourth-order valence-electron chi connectivity index (χ4n) is 0.864. The molecule has 0 amide bonds. The van der Waals surface area contributed by atoms with E-state index < -0.39 is 0 Å². The van der Waals surface area contributed by atoms with Gasteiger partial charge in [0, 0.05) is 6.54 Å². The summed E-state index contributed by atoms with van der Waals surface area (Å²) in [6, 6.07) is 0. The Morgan fingerprint density at radius 1 is 1.71 bits per heavy atom. The quantitative estimate of drug-likeness (QED) is 0.759. The molecule has 0 saturated heterocycles. The molecule has 6 heteroatoms. The topological polar surface area (TPSA) is 67.0 Å². The summed E-state index contributed by atoms with van der Waals surface area (Å²) in [5.41, 5.74) is -0.238. The van der Waals surface area contributed by atoms with Gasteiger partial charge in [-0.25, -0.2) is 4.98 Å². The number of nitrogens with zero attached hydrogens (tertiary/aromatic N) is 1. The molecule has 1 aromatic heterocycles. The monoisotopic (exact) mass is 261 g/mol. The van der Waals surface area contributed by atoms with Gasteiger partial charge in [-0.2, -0.15) is 0 Å². The average Bonchev–Trinajstić information content (AvgIpc) is 2.19. The highest BCUT2D eigenvalue weighted by atomic mass is 79.9. The van der Waals surface area contributed by atoms with Gasteiger partial charge in [0.1, 0.15) is 11.1 Å². The molecule has 0 aliphatic carbocycles. The Balaban J connectivity index is 2.51. The number of H-pyrrole nitrogens is 1. The third kappa shape index (κ3) is 3.12. The van der Waals surface area contributed by atoms with E-state index in [1.807, 2.05) is 6.92 Å². The second-order valence-corrected chi connectivity index (χ2v) is 3.35. The normalized spacial score (nSPS) is 10.1. The van der Waals surface area contributed by atoms with Crippen LogP contribution in [-0.2, 0) is 0 Å². The van der Waals surface area contributed by atoms with Crippen LogP contribution in [0, 0.1) is 0 Å². The fraction of sp³-hybridized carbons (Fsp3) is 0.500. The average molecular weight is 262 g/mol. The Kier molecular flexibility index (Phi) is 4.61. The van der Waals surface area contributed by atoms with Crippen LogP contribution in [0.5, 0.6) is 5.88 Å². The summed E-state index contributed by atoms with van der Waals surface area (Å²) in [6.45, 7) is 4.13. The smallest absolute Gasteiger partial charge is 0.268 e. The van der Waals surface area contributed by atoms with E-state index in [0.29, 0.717) is 17.0 Å². The van der Waals surface area contributed by atoms with Gasteiger partial charge in [-0.15, -0.1) is 0 Å². The number of hydrogen-bond acceptors (Lipinski definition) is 4. The summed E-state index contributed by atoms with van der Waals surface area (Å²) in [7, 11) is 0. The first-order valence-corrected chi connectivity index (χ1v) is 5.11. The van der Waals surface area contributed by atoms with Crippen molar-refractivity contribution in [3.05, 3.63) is 21.2 Å². The molecule has 0 bridgehead atoms. The van der Waals surface area contributed by atoms with Gasteiger partial charge in [0.25, 0.3) is 5.56 Å². The molecule has 0 unspecified atom stereocenters. The second-order valence-electron chi connectivity index (χ2n) is 2.55. The highest BCUT2D eigenvalue weighted by molar-refractivity contribution is 9.10. The molecule has 0 aliphatic heterocycles. The standard InChI is InChI=1S/C8H12BrN3O2/c1-2-10-3-4-14-8-6(9)7(13)11-5-12-8/h5,10H,2-4H2,1H3,(H,11,12,13). The minimum absolute atomic E-state index is 0.238. The van der Waals surface area contributed by atoms with Crippen LogP contribution in [0.4, 0.5) is 0 Å². The lowest BCUT2D eigenvalue weighted by atomic mass is 10.6. The molecule has 14 heavy (non-hydrogen) atoms. The van der Waals surface area contributed by atoms with Crippen molar-refractivity contribution >= 4 is 15.9 Å². The zero-order valence-electron chi connectivity index (χ0n) is 7.84. The summed E-state index contributed by atoms with van der Waals surface area (Å²) < 4.78 is 5.61. The maximum atomic E-state index is 11.1. The molecular weight excluding hydrogens is 250 g/mol. The SMILES string of the molecule is CCNCCOc1nc[nH]c(=O)c1Br. The van der Waals surface area contributed by atoms with E-state index in [1.54, 1.807) is 0 Å². The van der Waals surface area contributed by atoms with Crippen molar-refractivity contribution in [2.45, 2.75) is 6.92 Å². The molecule has 2 N–H and O–H groups in total. The first-order valence-electron chi connectivity index (χ1n) is 4.32. The zero-order valence-corrected chi connectivity index (χ0v) is 9.43. The number of nitrogens with one attached hydrogen (secondary N) is 2. The summed E-state index contributed by atoms with van der Waals surface area (Å²) in [5, 5.41) is 3.10. The minimum atomic E-state index is -0.238. The molecule has 78 valence electrons. The lowest BCUT2D eigenvalue weighted by Gasteiger charge is -2.05. The zero-order chi connectivity index (χ0) is 10.4. The number of likely N-dealkylation sites (N-methyl/N-ethyl adjacent to an activating group) is 1. The van der Waals surface area contributed by atoms with Crippen LogP contribution >= 0.6 is 15.9 Å². The third-order valence-electron chi connectivity index (χ3n) is 1.53. The fourth-order valence-corrected chi connectivity index (χ4v) is 1.20. The predicted molar refractivity (Wildman–Crippen MR) is 56.6 cm³/mol. The van der Waals surface area contributed by atoms with E-state index in [4.69, 9.17) is 4.74 Å². The summed E-state index contributed by atoms with van der Waals surface area (Å²) in [4.78, 5) is 17.4. The van der Waals surface area contributed by atoms with Gasteiger partial charge in [0.05, 0.1) is 6.33 Å². The molecule has 1 rings (SSSR count). The maximum Gasteiger partial charge on any atom is 0.268 e. The summed E-state index contributed by atoms with van der Waals surface area (Å²) in [6.07, 6.45) is 1.32. The van der Waals surface area contributed by atoms with Crippen LogP contribution in [0.15, 0.2) is 15.6 Å². The Morgan fingerprint density at radius 2 is 2.50 bits per heavy atom. The highest BCUT2D eigenvalue weighted by Gasteiger charge is 2.05. The van der Waals surface area contributed by atoms with Crippen LogP contribution < -0.4 is 15.6 Å². The van der Waals surface area contributed by atoms with Crippen molar-refractivity contribution in [3.63, 3.8) is 0 Å². The molecule has 0 fully saturated rings. The van der Waals surface area contributed by atoms with Crippen molar-refractivity contribution in [3.8, 4) is 5.88 Å². The largest absolute Gasteiger partial charge is 0.475 e. The van der Waals surface area contributed by atoms with Crippen LogP contribution in [0.3, 0.4) is 0 Å². The molecule has 0 spiro atoms. The molecule has 0 aliphatic rings. The van der Waals surface area contributed by atoms with Gasteiger partial charge in [0.15, 0.2) is 0 Å². The van der Waals surface area contributed by atoms with Crippen molar-refractivity contribution in [1.29, 1.82) is 0 Å². The van der Waals surface area contributed by atoms with Crippen molar-refractivity contribution in [2.75, 3.05) is 19.7 Å². The van der Waals surface area contributed by atoms with Crippen molar-refractivity contribution in [1.82, 2.24) is 15.3 Å². The number of ether oxygens (including phenoxy) is 1. The number of hydrogen-bond donors (Lipinski definition) is 2. The summed E-state index contributed by atoms with van der Waals surface area (Å²) >= 11 is 3.10. The number of halogens is 1. The predicted octanol–water partition coefficient (Wildman–Crippen LogP) is 0.521. The molecule has 5 nitrogen and oxygen atoms in total. The molecule has 0 aromatic carbocycles. The summed E-state index contributed by atoms with van der Waals surface area (Å²) in [5.74, 6) is 0.326. The van der Waals surface area contributed by atoms with Gasteiger partial charge in [0.2, 0.25) is 5.88 Å². The van der Waals surface area contributed by atoms with Crippen LogP contribution in [-0.4, -0.2) is 29.7 Å². The number of rotatable bonds is 5. The maximum absolute atomic E-state index is 11.1. The van der Waals surface area contributed by atoms with Gasteiger partial charge in [-0.3, -0.25) is 4.79 Å². The van der Waals surface area contributed by atoms with Crippen LogP contribution in [0.2, 0.25) is 0 Å². The van der Waals surface area contributed by atoms with Gasteiger partial charge < -0.3 is 15.0 Å². The van der Waals surface area contributed by atoms with Crippen molar-refractivity contribution < 1.29 is 4.74 Å². The van der Waals surface area contributed by atoms with E-state index in [-0.39, 0.29) is 5.56 Å². The van der Waals surface area contributed by atoms with Crippen LogP contribution in [0.1, 0.15) is 6.92 Å². The Labute approximate surface area is 90.0 Å². The van der Waals surface area contributed by atoms with Gasteiger partial charge >= 0.3 is 0 Å². The van der Waals surface area contributed by atoms with E-state index in [2.05, 4.69) is 31.2 Å². The lowest BCUT2D eigenvalue weighted by Crippen LogP contribution is -2.21. The van der Waals surface area contributed by atoms with Crippen LogP contribution in [0.25, 0.3) is 0 Å². The number of aromatic nitrogens is 2. The van der Waals surface area contributed by atoms with E-state index in [1.165, 1.54) is 6.33 Å². The minimum Gasteiger partial charge on any atom is -0.475 e. The first kappa shape index (κ1) is 11.2. The molecule has 1 heterocycles. The first-order chi connectivity index (χ1) is 6.75. The molecule has 1 aromatic rings. The molecule has 0 radical (unpaired) electrons. The second kappa shape index (κ2) is 5.77. The Hall–Kier alpha value is -0.880. The molecule has 0 saturated carbocycles. The van der Waals surface area contributed by atoms with Crippen molar-refractivity contribution in [2.24, 2.45) is 0 Å².